The van der Waals surface area contributed by atoms with Crippen molar-refractivity contribution in [3.8, 4) is 0 Å². The summed E-state index contributed by atoms with van der Waals surface area (Å²) >= 11 is 5.83. The van der Waals surface area contributed by atoms with Gasteiger partial charge in [0.05, 0.1) is 24.5 Å². The summed E-state index contributed by atoms with van der Waals surface area (Å²) in [7, 11) is -3.61. The van der Waals surface area contributed by atoms with Crippen molar-refractivity contribution in [2.45, 2.75) is 25.5 Å². The summed E-state index contributed by atoms with van der Waals surface area (Å²) in [6, 6.07) is 4.57. The van der Waals surface area contributed by atoms with Gasteiger partial charge in [-0.2, -0.15) is 0 Å². The fourth-order valence-electron chi connectivity index (χ4n) is 2.36. The molecule has 1 aromatic rings. The van der Waals surface area contributed by atoms with Gasteiger partial charge in [0.15, 0.2) is 0 Å². The van der Waals surface area contributed by atoms with Crippen molar-refractivity contribution in [1.82, 2.24) is 9.65 Å². The minimum Gasteiger partial charge on any atom is -0.465 e. The molecule has 0 bridgehead atoms. The Morgan fingerprint density at radius 2 is 2.41 bits per heavy atom. The van der Waals surface area contributed by atoms with Crippen LogP contribution in [0.4, 0.5) is 4.79 Å². The van der Waals surface area contributed by atoms with Crippen LogP contribution in [0, 0.1) is 5.92 Å². The molecule has 1 N–H and O–H groups in total. The molecule has 1 heterocycles. The van der Waals surface area contributed by atoms with Crippen LogP contribution < -0.4 is 0 Å². The minimum atomic E-state index is -3.61. The maximum absolute atomic E-state index is 13.2. The molecule has 1 aromatic heterocycles. The summed E-state index contributed by atoms with van der Waals surface area (Å²) in [5.74, 6) is 0.0113. The molecule has 1 saturated carbocycles. The van der Waals surface area contributed by atoms with Crippen molar-refractivity contribution >= 4 is 25.2 Å². The van der Waals surface area contributed by atoms with Crippen LogP contribution in [-0.2, 0) is 15.3 Å². The van der Waals surface area contributed by atoms with Crippen LogP contribution in [0.25, 0.3) is 0 Å². The van der Waals surface area contributed by atoms with Crippen molar-refractivity contribution in [2.75, 3.05) is 6.61 Å². The number of hydrogen-bond donors (Lipinski definition) is 1. The summed E-state index contributed by atoms with van der Waals surface area (Å²) in [5.41, 5.74) is 0.436. The van der Waals surface area contributed by atoms with Gasteiger partial charge >= 0.3 is 13.6 Å². The third-order valence-corrected chi connectivity index (χ3v) is 6.13. The summed E-state index contributed by atoms with van der Waals surface area (Å²) in [4.78, 5) is 15.7. The first-order valence-electron chi connectivity index (χ1n) is 6.91. The second kappa shape index (κ2) is 6.82. The Morgan fingerprint density at radius 1 is 1.68 bits per heavy atom. The number of hydrogen-bond acceptors (Lipinski definition) is 4. The van der Waals surface area contributed by atoms with Gasteiger partial charge in [-0.05, 0) is 31.4 Å². The molecule has 8 heteroatoms. The van der Waals surface area contributed by atoms with Crippen molar-refractivity contribution in [3.63, 3.8) is 0 Å². The second-order valence-corrected chi connectivity index (χ2v) is 7.66. The molecule has 0 spiro atoms. The molecule has 6 nitrogen and oxygen atoms in total. The molecule has 3 unspecified atom stereocenters. The van der Waals surface area contributed by atoms with Crippen molar-refractivity contribution < 1.29 is 19.0 Å². The van der Waals surface area contributed by atoms with Crippen LogP contribution >= 0.6 is 19.1 Å². The van der Waals surface area contributed by atoms with Gasteiger partial charge in [-0.15, -0.1) is 6.58 Å². The summed E-state index contributed by atoms with van der Waals surface area (Å²) < 4.78 is 19.5. The topological polar surface area (TPSA) is 79.7 Å². The number of halogens is 1. The zero-order valence-electron chi connectivity index (χ0n) is 12.2. The third-order valence-electron chi connectivity index (χ3n) is 3.41. The van der Waals surface area contributed by atoms with Gasteiger partial charge in [0, 0.05) is 0 Å². The first kappa shape index (κ1) is 17.0. The molecule has 1 amide bonds. The van der Waals surface area contributed by atoms with Crippen molar-refractivity contribution in [1.29, 1.82) is 0 Å². The SMILES string of the molecule is C=CC1CC1N(C(=O)O)P(=O)(Cc1cccc(Cl)n1)OCC. The van der Waals surface area contributed by atoms with Crippen LogP contribution in [0.3, 0.4) is 0 Å². The van der Waals surface area contributed by atoms with Crippen molar-refractivity contribution in [2.24, 2.45) is 5.92 Å². The number of carbonyl (C=O) groups is 1. The van der Waals surface area contributed by atoms with Gasteiger partial charge in [0.25, 0.3) is 0 Å². The summed E-state index contributed by atoms with van der Waals surface area (Å²) in [6.07, 6.45) is 0.923. The lowest BCUT2D eigenvalue weighted by molar-refractivity contribution is 0.160. The van der Waals surface area contributed by atoms with E-state index in [4.69, 9.17) is 16.1 Å². The van der Waals surface area contributed by atoms with E-state index in [1.807, 2.05) is 0 Å². The van der Waals surface area contributed by atoms with E-state index in [-0.39, 0.29) is 29.9 Å². The predicted octanol–water partition coefficient (Wildman–Crippen LogP) is 4.02. The van der Waals surface area contributed by atoms with Gasteiger partial charge in [-0.3, -0.25) is 4.57 Å². The number of nitrogens with zero attached hydrogens (tertiary/aromatic N) is 2. The Hall–Kier alpha value is -1.36. The third kappa shape index (κ3) is 3.69. The van der Waals surface area contributed by atoms with Crippen LogP contribution in [0.5, 0.6) is 0 Å². The first-order valence-corrected chi connectivity index (χ1v) is 9.05. The van der Waals surface area contributed by atoms with E-state index < -0.39 is 13.6 Å². The lowest BCUT2D eigenvalue weighted by Crippen LogP contribution is -2.31. The van der Waals surface area contributed by atoms with E-state index in [1.54, 1.807) is 31.2 Å². The fourth-order valence-corrected chi connectivity index (χ4v) is 4.88. The monoisotopic (exact) mass is 344 g/mol. The molecule has 2 rings (SSSR count). The fraction of sp³-hybridized carbons (Fsp3) is 0.429. The van der Waals surface area contributed by atoms with E-state index >= 15 is 0 Å². The number of amides is 1. The first-order chi connectivity index (χ1) is 10.4. The Kier molecular flexibility index (Phi) is 5.27. The van der Waals surface area contributed by atoms with Gasteiger partial charge in [-0.1, -0.05) is 23.7 Å². The number of aromatic nitrogens is 1. The molecule has 0 aromatic carbocycles. The highest BCUT2D eigenvalue weighted by molar-refractivity contribution is 7.56. The van der Waals surface area contributed by atoms with E-state index in [2.05, 4.69) is 11.6 Å². The molecule has 0 aliphatic heterocycles. The average Bonchev–Trinajstić information content (AvgIpc) is 3.17. The normalized spacial score (nSPS) is 22.6. The molecular formula is C14H18ClN2O4P. The highest BCUT2D eigenvalue weighted by Gasteiger charge is 2.50. The zero-order valence-corrected chi connectivity index (χ0v) is 13.8. The van der Waals surface area contributed by atoms with Crippen LogP contribution in [0.1, 0.15) is 19.0 Å². The number of rotatable bonds is 7. The van der Waals surface area contributed by atoms with E-state index in [0.29, 0.717) is 12.1 Å². The molecular weight excluding hydrogens is 327 g/mol. The van der Waals surface area contributed by atoms with E-state index in [1.165, 1.54) is 0 Å². The summed E-state index contributed by atoms with van der Waals surface area (Å²) in [5, 5.41) is 9.75. The zero-order chi connectivity index (χ0) is 16.3. The molecule has 1 aliphatic carbocycles. The van der Waals surface area contributed by atoms with Crippen molar-refractivity contribution in [3.05, 3.63) is 41.7 Å². The number of carboxylic acid groups (broad SMARTS) is 1. The Bertz CT molecular complexity index is 625. The van der Waals surface area contributed by atoms with Gasteiger partial charge < -0.3 is 9.63 Å². The molecule has 0 radical (unpaired) electrons. The Morgan fingerprint density at radius 3 is 2.91 bits per heavy atom. The van der Waals surface area contributed by atoms with Crippen LogP contribution in [0.2, 0.25) is 5.15 Å². The lowest BCUT2D eigenvalue weighted by Gasteiger charge is -2.29. The molecule has 0 saturated heterocycles. The molecule has 22 heavy (non-hydrogen) atoms. The van der Waals surface area contributed by atoms with Crippen LogP contribution in [-0.4, -0.2) is 33.5 Å². The second-order valence-electron chi connectivity index (χ2n) is 4.99. The lowest BCUT2D eigenvalue weighted by atomic mass is 10.4. The van der Waals surface area contributed by atoms with E-state index in [0.717, 1.165) is 4.67 Å². The quantitative estimate of drug-likeness (QED) is 0.459. The Balaban J connectivity index is 2.31. The maximum Gasteiger partial charge on any atom is 0.414 e. The molecule has 120 valence electrons. The smallest absolute Gasteiger partial charge is 0.414 e. The predicted molar refractivity (Wildman–Crippen MR) is 84.1 cm³/mol. The van der Waals surface area contributed by atoms with Gasteiger partial charge in [0.1, 0.15) is 5.15 Å². The molecule has 1 fully saturated rings. The van der Waals surface area contributed by atoms with Gasteiger partial charge in [0.2, 0.25) is 0 Å². The minimum absolute atomic E-state index is 0.0113. The highest BCUT2D eigenvalue weighted by Crippen LogP contribution is 2.59. The largest absolute Gasteiger partial charge is 0.465 e. The standard InChI is InChI=1S/C14H18ClN2O4P/c1-3-10-8-12(10)17(14(18)19)22(20,21-4-2)9-11-6-5-7-13(15)16-11/h3,5-7,10,12H,1,4,8-9H2,2H3,(H,18,19). The summed E-state index contributed by atoms with van der Waals surface area (Å²) in [6.45, 7) is 5.48. The average molecular weight is 345 g/mol. The maximum atomic E-state index is 13.2. The van der Waals surface area contributed by atoms with Crippen LogP contribution in [0.15, 0.2) is 30.9 Å². The van der Waals surface area contributed by atoms with Gasteiger partial charge in [-0.25, -0.2) is 14.4 Å². The number of pyridine rings is 1. The highest BCUT2D eigenvalue weighted by atomic mass is 35.5. The van der Waals surface area contributed by atoms with E-state index in [9.17, 15) is 14.5 Å². The molecule has 1 aliphatic rings. The molecule has 3 atom stereocenters. The Labute approximate surface area is 134 Å².